The SMILES string of the molecule is CCOC(=O)c1c(NC(=O)CSC2=NC(=Cc3cnn(C)c3)C(=O)N2c2ccccc2)sc2c1CCC(CC)C2. The lowest BCUT2D eigenvalue weighted by Crippen LogP contribution is -2.31. The van der Waals surface area contributed by atoms with Crippen molar-refractivity contribution in [3.8, 4) is 0 Å². The van der Waals surface area contributed by atoms with Crippen molar-refractivity contribution in [3.63, 3.8) is 0 Å². The topological polar surface area (TPSA) is 106 Å². The third-order valence-electron chi connectivity index (χ3n) is 6.88. The lowest BCUT2D eigenvalue weighted by atomic mass is 9.85. The zero-order chi connectivity index (χ0) is 28.2. The van der Waals surface area contributed by atoms with E-state index in [1.807, 2.05) is 30.3 Å². The van der Waals surface area contributed by atoms with Crippen LogP contribution in [0.15, 0.2) is 53.4 Å². The molecule has 40 heavy (non-hydrogen) atoms. The molecular weight excluding hydrogens is 546 g/mol. The molecule has 0 fully saturated rings. The fraction of sp³-hybridized carbons (Fsp3) is 0.345. The predicted molar refractivity (Wildman–Crippen MR) is 160 cm³/mol. The molecule has 2 amide bonds. The molecule has 0 bridgehead atoms. The van der Waals surface area contributed by atoms with E-state index in [0.717, 1.165) is 41.7 Å². The van der Waals surface area contributed by atoms with Crippen molar-refractivity contribution >= 4 is 62.8 Å². The van der Waals surface area contributed by atoms with E-state index in [1.165, 1.54) is 28.0 Å². The maximum absolute atomic E-state index is 13.4. The van der Waals surface area contributed by atoms with Crippen molar-refractivity contribution in [2.75, 3.05) is 22.6 Å². The molecule has 5 rings (SSSR count). The number of nitrogens with zero attached hydrogens (tertiary/aromatic N) is 4. The normalized spacial score (nSPS) is 17.6. The van der Waals surface area contributed by atoms with E-state index in [-0.39, 0.29) is 29.9 Å². The molecule has 2 aliphatic rings. The van der Waals surface area contributed by atoms with Gasteiger partial charge in [-0.25, -0.2) is 9.79 Å². The van der Waals surface area contributed by atoms with Crippen LogP contribution in [0.4, 0.5) is 10.7 Å². The number of anilines is 2. The van der Waals surface area contributed by atoms with E-state index in [2.05, 4.69) is 22.3 Å². The molecule has 1 aliphatic carbocycles. The molecule has 3 heterocycles. The molecule has 0 radical (unpaired) electrons. The molecular formula is C29H31N5O4S2. The average molecular weight is 578 g/mol. The largest absolute Gasteiger partial charge is 0.462 e. The van der Waals surface area contributed by atoms with Gasteiger partial charge in [0.2, 0.25) is 5.91 Å². The molecule has 9 nitrogen and oxygen atoms in total. The minimum absolute atomic E-state index is 0.0119. The van der Waals surface area contributed by atoms with Gasteiger partial charge in [0.05, 0.1) is 29.8 Å². The number of rotatable bonds is 8. The highest BCUT2D eigenvalue weighted by atomic mass is 32.2. The number of aliphatic imine (C=N–C) groups is 1. The zero-order valence-corrected chi connectivity index (χ0v) is 24.3. The summed E-state index contributed by atoms with van der Waals surface area (Å²) in [4.78, 5) is 46.6. The molecule has 1 N–H and O–H groups in total. The first-order valence-electron chi connectivity index (χ1n) is 13.3. The molecule has 11 heteroatoms. The lowest BCUT2D eigenvalue weighted by Gasteiger charge is -2.20. The van der Waals surface area contributed by atoms with Crippen LogP contribution in [0.2, 0.25) is 0 Å². The second-order valence-electron chi connectivity index (χ2n) is 9.63. The summed E-state index contributed by atoms with van der Waals surface area (Å²) in [5.41, 5.74) is 3.17. The molecule has 3 aromatic rings. The number of amides is 2. The number of ether oxygens (including phenoxy) is 1. The highest BCUT2D eigenvalue weighted by Gasteiger charge is 2.33. The van der Waals surface area contributed by atoms with E-state index in [1.54, 1.807) is 37.1 Å². The van der Waals surface area contributed by atoms with Crippen molar-refractivity contribution in [3.05, 3.63) is 70.0 Å². The van der Waals surface area contributed by atoms with Crippen molar-refractivity contribution in [2.45, 2.75) is 39.5 Å². The van der Waals surface area contributed by atoms with Gasteiger partial charge in [0.25, 0.3) is 5.91 Å². The minimum atomic E-state index is -0.399. The molecule has 1 aliphatic heterocycles. The number of hydrogen-bond donors (Lipinski definition) is 1. The summed E-state index contributed by atoms with van der Waals surface area (Å²) < 4.78 is 6.99. The van der Waals surface area contributed by atoms with Gasteiger partial charge in [-0.2, -0.15) is 5.10 Å². The number of esters is 1. The van der Waals surface area contributed by atoms with Gasteiger partial charge in [-0.1, -0.05) is 43.3 Å². The first-order chi connectivity index (χ1) is 19.4. The number of aromatic nitrogens is 2. The van der Waals surface area contributed by atoms with Crippen LogP contribution in [0.1, 0.15) is 53.1 Å². The van der Waals surface area contributed by atoms with Gasteiger partial charge >= 0.3 is 5.97 Å². The number of thioether (sulfide) groups is 1. The number of benzene rings is 1. The summed E-state index contributed by atoms with van der Waals surface area (Å²) in [7, 11) is 1.80. The Morgan fingerprint density at radius 1 is 1.25 bits per heavy atom. The van der Waals surface area contributed by atoms with E-state index >= 15 is 0 Å². The number of amidine groups is 1. The minimum Gasteiger partial charge on any atom is -0.462 e. The number of fused-ring (bicyclic) bond motifs is 1. The Labute approximate surface area is 241 Å². The van der Waals surface area contributed by atoms with Gasteiger partial charge in [0.15, 0.2) is 5.17 Å². The van der Waals surface area contributed by atoms with E-state index in [4.69, 9.17) is 4.74 Å². The monoisotopic (exact) mass is 577 g/mol. The number of hydrogen-bond acceptors (Lipinski definition) is 8. The lowest BCUT2D eigenvalue weighted by molar-refractivity contribution is -0.114. The smallest absolute Gasteiger partial charge is 0.341 e. The zero-order valence-electron chi connectivity index (χ0n) is 22.7. The fourth-order valence-electron chi connectivity index (χ4n) is 4.87. The Bertz CT molecular complexity index is 1490. The van der Waals surface area contributed by atoms with Crippen LogP contribution in [0.5, 0.6) is 0 Å². The van der Waals surface area contributed by atoms with Gasteiger partial charge < -0.3 is 10.1 Å². The van der Waals surface area contributed by atoms with Crippen LogP contribution in [0, 0.1) is 5.92 Å². The molecule has 0 spiro atoms. The molecule has 2 aromatic heterocycles. The predicted octanol–water partition coefficient (Wildman–Crippen LogP) is 5.29. The number of nitrogens with one attached hydrogen (secondary N) is 1. The summed E-state index contributed by atoms with van der Waals surface area (Å²) in [6.45, 7) is 4.22. The van der Waals surface area contributed by atoms with E-state index < -0.39 is 5.97 Å². The van der Waals surface area contributed by atoms with E-state index in [9.17, 15) is 14.4 Å². The van der Waals surface area contributed by atoms with Crippen molar-refractivity contribution in [1.82, 2.24) is 9.78 Å². The van der Waals surface area contributed by atoms with Crippen LogP contribution in [0.3, 0.4) is 0 Å². The first-order valence-corrected chi connectivity index (χ1v) is 15.1. The van der Waals surface area contributed by atoms with Crippen LogP contribution in [0.25, 0.3) is 6.08 Å². The van der Waals surface area contributed by atoms with Gasteiger partial charge in [-0.15, -0.1) is 11.3 Å². The Kier molecular flexibility index (Phi) is 8.51. The van der Waals surface area contributed by atoms with Gasteiger partial charge in [0.1, 0.15) is 10.7 Å². The summed E-state index contributed by atoms with van der Waals surface area (Å²) in [6, 6.07) is 9.22. The third kappa shape index (κ3) is 5.90. The fourth-order valence-corrected chi connectivity index (χ4v) is 7.05. The number of thiophene rings is 1. The highest BCUT2D eigenvalue weighted by Crippen LogP contribution is 2.41. The molecule has 1 unspecified atom stereocenters. The van der Waals surface area contributed by atoms with Crippen LogP contribution in [-0.2, 0) is 34.2 Å². The maximum Gasteiger partial charge on any atom is 0.341 e. The summed E-state index contributed by atoms with van der Waals surface area (Å²) in [6.07, 6.45) is 8.96. The number of para-hydroxylation sites is 1. The Morgan fingerprint density at radius 3 is 2.75 bits per heavy atom. The average Bonchev–Trinajstić information content (AvgIpc) is 3.62. The summed E-state index contributed by atoms with van der Waals surface area (Å²) in [5, 5.41) is 8.05. The quantitative estimate of drug-likeness (QED) is 0.288. The first kappa shape index (κ1) is 27.9. The van der Waals surface area contributed by atoms with Crippen molar-refractivity contribution < 1.29 is 19.1 Å². The second kappa shape index (κ2) is 12.2. The Balaban J connectivity index is 1.36. The molecule has 1 atom stereocenters. The number of carbonyl (C=O) groups is 3. The Morgan fingerprint density at radius 2 is 2.05 bits per heavy atom. The number of carbonyl (C=O) groups excluding carboxylic acids is 3. The van der Waals surface area contributed by atoms with E-state index in [0.29, 0.717) is 27.3 Å². The molecule has 208 valence electrons. The summed E-state index contributed by atoms with van der Waals surface area (Å²) in [5.74, 6) is -0.369. The van der Waals surface area contributed by atoms with Crippen LogP contribution >= 0.6 is 23.1 Å². The highest BCUT2D eigenvalue weighted by molar-refractivity contribution is 8.14. The second-order valence-corrected chi connectivity index (χ2v) is 11.7. The maximum atomic E-state index is 13.4. The van der Waals surface area contributed by atoms with Crippen molar-refractivity contribution in [1.29, 1.82) is 0 Å². The third-order valence-corrected chi connectivity index (χ3v) is 8.99. The van der Waals surface area contributed by atoms with Crippen LogP contribution < -0.4 is 10.2 Å². The molecule has 0 saturated carbocycles. The van der Waals surface area contributed by atoms with Gasteiger partial charge in [0, 0.05) is 23.7 Å². The molecule has 1 aromatic carbocycles. The van der Waals surface area contributed by atoms with Gasteiger partial charge in [-0.3, -0.25) is 19.2 Å². The van der Waals surface area contributed by atoms with Crippen molar-refractivity contribution in [2.24, 2.45) is 18.0 Å². The molecule has 0 saturated heterocycles. The Hall–Kier alpha value is -3.70. The standard InChI is InChI=1S/C29H31N5O4S2/c1-4-18-11-12-21-23(14-18)40-26(25(21)28(37)38-5-2)32-24(35)17-39-29-31-22(13-19-15-30-33(3)16-19)27(36)34(29)20-9-7-6-8-10-20/h6-10,13,15-16,18H,4-5,11-12,14,17H2,1-3H3,(H,32,35). The number of aryl methyl sites for hydroxylation is 1. The van der Waals surface area contributed by atoms with Crippen LogP contribution in [-0.4, -0.2) is 45.1 Å². The van der Waals surface area contributed by atoms with Gasteiger partial charge in [-0.05, 0) is 55.9 Å². The summed E-state index contributed by atoms with van der Waals surface area (Å²) >= 11 is 2.64.